The largest absolute Gasteiger partial charge is 0.478 e. The Hall–Kier alpha value is -2.15. The molecule has 0 aromatic carbocycles. The number of methoxy groups -OCH3 is 1. The minimum atomic E-state index is 0.405. The van der Waals surface area contributed by atoms with Gasteiger partial charge in [-0.1, -0.05) is 0 Å². The molecule has 2 aromatic rings. The van der Waals surface area contributed by atoms with Crippen molar-refractivity contribution in [2.45, 2.75) is 25.3 Å². The highest BCUT2D eigenvalue weighted by atomic mass is 16.5. The Morgan fingerprint density at radius 3 is 2.83 bits per heavy atom. The van der Waals surface area contributed by atoms with Crippen LogP contribution >= 0.6 is 0 Å². The topological polar surface area (TPSA) is 59.3 Å². The third-order valence-corrected chi connectivity index (χ3v) is 4.46. The number of anilines is 1. The average molecular weight is 330 g/mol. The first-order valence-electron chi connectivity index (χ1n) is 8.44. The molecule has 130 valence electrons. The molecular formula is C17H26N6O. The first-order chi connectivity index (χ1) is 11.7. The lowest BCUT2D eigenvalue weighted by Crippen LogP contribution is -2.36. The molecular weight excluding hydrogens is 304 g/mol. The van der Waals surface area contributed by atoms with E-state index in [-0.39, 0.29) is 0 Å². The minimum Gasteiger partial charge on any atom is -0.478 e. The molecule has 0 spiro atoms. The van der Waals surface area contributed by atoms with Crippen LogP contribution in [0.4, 0.5) is 5.82 Å². The number of likely N-dealkylation sites (N-methyl/N-ethyl adjacent to an activating group) is 1. The minimum absolute atomic E-state index is 0.405. The zero-order chi connectivity index (χ0) is 16.9. The number of nitrogens with zero attached hydrogens (tertiary/aromatic N) is 6. The van der Waals surface area contributed by atoms with Crippen LogP contribution in [0.2, 0.25) is 0 Å². The van der Waals surface area contributed by atoms with E-state index in [1.165, 1.54) is 5.82 Å². The van der Waals surface area contributed by atoms with E-state index >= 15 is 0 Å². The van der Waals surface area contributed by atoms with Crippen molar-refractivity contribution in [3.63, 3.8) is 0 Å². The van der Waals surface area contributed by atoms with E-state index in [4.69, 9.17) is 4.74 Å². The van der Waals surface area contributed by atoms with Crippen LogP contribution in [-0.4, -0.2) is 65.3 Å². The van der Waals surface area contributed by atoms with Gasteiger partial charge in [0.05, 0.1) is 7.11 Å². The van der Waals surface area contributed by atoms with Gasteiger partial charge in [0.25, 0.3) is 5.88 Å². The van der Waals surface area contributed by atoms with Gasteiger partial charge in [-0.25, -0.2) is 15.0 Å². The normalized spacial score (nSPS) is 18.2. The third-order valence-electron chi connectivity index (χ3n) is 4.46. The summed E-state index contributed by atoms with van der Waals surface area (Å²) in [5, 5.41) is 0. The Labute approximate surface area is 143 Å². The second kappa shape index (κ2) is 7.61. The summed E-state index contributed by atoms with van der Waals surface area (Å²) in [6.45, 7) is 3.85. The summed E-state index contributed by atoms with van der Waals surface area (Å²) >= 11 is 0. The Morgan fingerprint density at radius 2 is 2.04 bits per heavy atom. The fraction of sp³-hybridized carbons (Fsp3) is 0.588. The molecule has 0 unspecified atom stereocenters. The third kappa shape index (κ3) is 3.67. The van der Waals surface area contributed by atoms with Gasteiger partial charge >= 0.3 is 0 Å². The molecule has 0 saturated carbocycles. The van der Waals surface area contributed by atoms with Crippen LogP contribution in [0.15, 0.2) is 24.8 Å². The van der Waals surface area contributed by atoms with Crippen LogP contribution in [0.3, 0.4) is 0 Å². The van der Waals surface area contributed by atoms with Gasteiger partial charge in [0, 0.05) is 56.9 Å². The van der Waals surface area contributed by atoms with Crippen LogP contribution in [0.5, 0.6) is 5.88 Å². The molecule has 1 aliphatic heterocycles. The highest BCUT2D eigenvalue weighted by Crippen LogP contribution is 2.31. The molecule has 7 heteroatoms. The van der Waals surface area contributed by atoms with Gasteiger partial charge < -0.3 is 19.1 Å². The molecule has 0 N–H and O–H groups in total. The van der Waals surface area contributed by atoms with Crippen molar-refractivity contribution in [2.24, 2.45) is 0 Å². The van der Waals surface area contributed by atoms with Crippen LogP contribution in [0.1, 0.15) is 24.6 Å². The van der Waals surface area contributed by atoms with Crippen molar-refractivity contribution in [3.05, 3.63) is 30.6 Å². The highest BCUT2D eigenvalue weighted by Gasteiger charge is 2.27. The number of aromatic nitrogens is 4. The van der Waals surface area contributed by atoms with Gasteiger partial charge in [0.1, 0.15) is 5.82 Å². The molecule has 2 aromatic heterocycles. The Morgan fingerprint density at radius 1 is 1.21 bits per heavy atom. The van der Waals surface area contributed by atoms with E-state index in [9.17, 15) is 0 Å². The van der Waals surface area contributed by atoms with E-state index in [2.05, 4.69) is 49.6 Å². The van der Waals surface area contributed by atoms with E-state index in [1.54, 1.807) is 19.5 Å². The molecule has 0 aliphatic carbocycles. The van der Waals surface area contributed by atoms with Gasteiger partial charge in [0.2, 0.25) is 0 Å². The maximum Gasteiger partial charge on any atom is 0.257 e. The van der Waals surface area contributed by atoms with Gasteiger partial charge in [0.15, 0.2) is 5.82 Å². The summed E-state index contributed by atoms with van der Waals surface area (Å²) in [6.07, 6.45) is 9.65. The van der Waals surface area contributed by atoms with Gasteiger partial charge in [-0.3, -0.25) is 0 Å². The van der Waals surface area contributed by atoms with Crippen molar-refractivity contribution >= 4 is 5.82 Å². The molecule has 1 atom stereocenters. The van der Waals surface area contributed by atoms with E-state index in [0.717, 1.165) is 44.8 Å². The first-order valence-corrected chi connectivity index (χ1v) is 8.44. The second-order valence-electron chi connectivity index (χ2n) is 6.46. The quantitative estimate of drug-likeness (QED) is 0.802. The lowest BCUT2D eigenvalue weighted by Gasteiger charge is -2.33. The van der Waals surface area contributed by atoms with Crippen molar-refractivity contribution < 1.29 is 4.74 Å². The fourth-order valence-corrected chi connectivity index (χ4v) is 3.24. The lowest BCUT2D eigenvalue weighted by atomic mass is 9.97. The van der Waals surface area contributed by atoms with Crippen molar-refractivity contribution in [1.82, 2.24) is 24.4 Å². The molecule has 1 saturated heterocycles. The van der Waals surface area contributed by atoms with Crippen LogP contribution in [0.25, 0.3) is 0 Å². The Bertz CT molecular complexity index is 656. The predicted octanol–water partition coefficient (Wildman–Crippen LogP) is 1.63. The molecule has 24 heavy (non-hydrogen) atoms. The summed E-state index contributed by atoms with van der Waals surface area (Å²) in [5.74, 6) is 3.00. The van der Waals surface area contributed by atoms with Crippen molar-refractivity contribution in [2.75, 3.05) is 45.7 Å². The molecule has 0 radical (unpaired) electrons. The van der Waals surface area contributed by atoms with Gasteiger partial charge in [-0.2, -0.15) is 0 Å². The molecule has 7 nitrogen and oxygen atoms in total. The van der Waals surface area contributed by atoms with Crippen molar-refractivity contribution in [3.8, 4) is 5.88 Å². The maximum atomic E-state index is 5.37. The molecule has 1 fully saturated rings. The monoisotopic (exact) mass is 330 g/mol. The smallest absolute Gasteiger partial charge is 0.257 e. The van der Waals surface area contributed by atoms with Crippen LogP contribution in [-0.2, 0) is 6.54 Å². The number of rotatable bonds is 6. The summed E-state index contributed by atoms with van der Waals surface area (Å²) in [7, 11) is 5.83. The number of hydrogen-bond donors (Lipinski definition) is 0. The molecule has 3 heterocycles. The standard InChI is InChI=1S/C17H26N6O/c1-21(2)11-12-22-10-8-19-15(22)14-5-4-9-23(13-14)16-17(24-3)20-7-6-18-16/h6-8,10,14H,4-5,9,11-13H2,1-3H3/t14-/m1/s1. The van der Waals surface area contributed by atoms with E-state index in [1.807, 2.05) is 6.20 Å². The lowest BCUT2D eigenvalue weighted by molar-refractivity contribution is 0.371. The molecule has 1 aliphatic rings. The Kier molecular flexibility index (Phi) is 5.30. The average Bonchev–Trinajstić information content (AvgIpc) is 3.08. The summed E-state index contributed by atoms with van der Waals surface area (Å²) < 4.78 is 7.65. The van der Waals surface area contributed by atoms with E-state index < -0.39 is 0 Å². The predicted molar refractivity (Wildman–Crippen MR) is 93.6 cm³/mol. The van der Waals surface area contributed by atoms with Crippen molar-refractivity contribution in [1.29, 1.82) is 0 Å². The number of piperidine rings is 1. The fourth-order valence-electron chi connectivity index (χ4n) is 3.24. The van der Waals surface area contributed by atoms with Crippen LogP contribution < -0.4 is 9.64 Å². The molecule has 3 rings (SSSR count). The van der Waals surface area contributed by atoms with Gasteiger partial charge in [-0.05, 0) is 26.9 Å². The molecule has 0 bridgehead atoms. The van der Waals surface area contributed by atoms with Crippen LogP contribution in [0, 0.1) is 0 Å². The first kappa shape index (κ1) is 16.7. The number of ether oxygens (including phenoxy) is 1. The highest BCUT2D eigenvalue weighted by molar-refractivity contribution is 5.48. The zero-order valence-electron chi connectivity index (χ0n) is 14.7. The summed E-state index contributed by atoms with van der Waals surface area (Å²) in [6, 6.07) is 0. The summed E-state index contributed by atoms with van der Waals surface area (Å²) in [4.78, 5) is 17.9. The van der Waals surface area contributed by atoms with E-state index in [0.29, 0.717) is 11.8 Å². The SMILES string of the molecule is COc1nccnc1N1CCC[C@@H](c2nccn2CCN(C)C)C1. The van der Waals surface area contributed by atoms with Gasteiger partial charge in [-0.15, -0.1) is 0 Å². The molecule has 0 amide bonds. The Balaban J connectivity index is 1.75. The number of imidazole rings is 1. The maximum absolute atomic E-state index is 5.37. The number of hydrogen-bond acceptors (Lipinski definition) is 6. The summed E-state index contributed by atoms with van der Waals surface area (Å²) in [5.41, 5.74) is 0. The second-order valence-corrected chi connectivity index (χ2v) is 6.46. The zero-order valence-corrected chi connectivity index (χ0v) is 14.7.